The molecule has 0 saturated carbocycles. The van der Waals surface area contributed by atoms with Gasteiger partial charge in [-0.15, -0.1) is 0 Å². The molecule has 17 heavy (non-hydrogen) atoms. The summed E-state index contributed by atoms with van der Waals surface area (Å²) in [6.07, 6.45) is -4.86. The van der Waals surface area contributed by atoms with Crippen molar-refractivity contribution in [1.29, 1.82) is 0 Å². The number of nitrogens with two attached hydrogens (primary N) is 1. The highest BCUT2D eigenvalue weighted by molar-refractivity contribution is 5.97. The molecule has 0 aliphatic carbocycles. The molecule has 3 nitrogen and oxygen atoms in total. The predicted octanol–water partition coefficient (Wildman–Crippen LogP) is 2.06. The molecule has 1 amide bonds. The lowest BCUT2D eigenvalue weighted by molar-refractivity contribution is -0.170. The second-order valence-corrected chi connectivity index (χ2v) is 3.42. The summed E-state index contributed by atoms with van der Waals surface area (Å²) < 4.78 is 36.9. The number of hydrogen-bond acceptors (Lipinski definition) is 2. The van der Waals surface area contributed by atoms with Crippen LogP contribution in [0.25, 0.3) is 0 Å². The van der Waals surface area contributed by atoms with Crippen molar-refractivity contribution in [2.45, 2.75) is 19.6 Å². The van der Waals surface area contributed by atoms with Gasteiger partial charge in [0.25, 0.3) is 0 Å². The van der Waals surface area contributed by atoms with E-state index in [0.29, 0.717) is 11.4 Å². The second kappa shape index (κ2) is 5.18. The number of nitrogens with zero attached hydrogens (tertiary/aromatic N) is 1. The van der Waals surface area contributed by atoms with Crippen LogP contribution in [0, 0.1) is 0 Å². The van der Waals surface area contributed by atoms with Gasteiger partial charge in [0.2, 0.25) is 0 Å². The summed E-state index contributed by atoms with van der Waals surface area (Å²) in [5.74, 6) is -1.86. The predicted molar refractivity (Wildman–Crippen MR) is 58.4 cm³/mol. The summed E-state index contributed by atoms with van der Waals surface area (Å²) in [6, 6.07) is 6.11. The monoisotopic (exact) mass is 246 g/mol. The maximum Gasteiger partial charge on any atom is 0.471 e. The van der Waals surface area contributed by atoms with Crippen LogP contribution >= 0.6 is 0 Å². The van der Waals surface area contributed by atoms with E-state index >= 15 is 0 Å². The van der Waals surface area contributed by atoms with Crippen LogP contribution in [-0.4, -0.2) is 18.6 Å². The standard InChI is InChI=1S/C11H13F3N2O/c1-2-16(10(17)11(12,13)14)9-5-3-8(7-15)4-6-9/h3-6H,2,7,15H2,1H3. The highest BCUT2D eigenvalue weighted by atomic mass is 19.4. The van der Waals surface area contributed by atoms with Gasteiger partial charge in [-0.3, -0.25) is 4.79 Å². The molecular formula is C11H13F3N2O. The molecule has 94 valence electrons. The third kappa shape index (κ3) is 3.20. The summed E-state index contributed by atoms with van der Waals surface area (Å²) in [7, 11) is 0. The van der Waals surface area contributed by atoms with E-state index in [2.05, 4.69) is 0 Å². The molecule has 1 aromatic rings. The Labute approximate surface area is 97.0 Å². The molecule has 0 aliphatic rings. The summed E-state index contributed by atoms with van der Waals surface area (Å²) in [5, 5.41) is 0. The third-order valence-electron chi connectivity index (χ3n) is 2.29. The van der Waals surface area contributed by atoms with E-state index in [1.54, 1.807) is 12.1 Å². The Bertz CT molecular complexity index is 387. The number of halogens is 3. The minimum Gasteiger partial charge on any atom is -0.326 e. The van der Waals surface area contributed by atoms with E-state index in [9.17, 15) is 18.0 Å². The Morgan fingerprint density at radius 3 is 2.18 bits per heavy atom. The van der Waals surface area contributed by atoms with Crippen molar-refractivity contribution in [1.82, 2.24) is 0 Å². The highest BCUT2D eigenvalue weighted by Crippen LogP contribution is 2.23. The van der Waals surface area contributed by atoms with Crippen molar-refractivity contribution in [3.8, 4) is 0 Å². The van der Waals surface area contributed by atoms with E-state index in [1.165, 1.54) is 19.1 Å². The van der Waals surface area contributed by atoms with E-state index in [-0.39, 0.29) is 12.2 Å². The second-order valence-electron chi connectivity index (χ2n) is 3.42. The van der Waals surface area contributed by atoms with E-state index in [4.69, 9.17) is 5.73 Å². The molecule has 1 aromatic carbocycles. The summed E-state index contributed by atoms with van der Waals surface area (Å²) in [6.45, 7) is 1.75. The smallest absolute Gasteiger partial charge is 0.326 e. The highest BCUT2D eigenvalue weighted by Gasteiger charge is 2.42. The Kier molecular flexibility index (Phi) is 4.11. The van der Waals surface area contributed by atoms with E-state index < -0.39 is 12.1 Å². The Morgan fingerprint density at radius 2 is 1.82 bits per heavy atom. The number of hydrogen-bond donors (Lipinski definition) is 1. The quantitative estimate of drug-likeness (QED) is 0.887. The SMILES string of the molecule is CCN(C(=O)C(F)(F)F)c1ccc(CN)cc1. The van der Waals surface area contributed by atoms with Crippen LogP contribution in [-0.2, 0) is 11.3 Å². The van der Waals surface area contributed by atoms with Crippen molar-refractivity contribution in [3.05, 3.63) is 29.8 Å². The summed E-state index contributed by atoms with van der Waals surface area (Å²) in [4.78, 5) is 11.8. The molecule has 2 N–H and O–H groups in total. The average Bonchev–Trinajstić information content (AvgIpc) is 2.29. The lowest BCUT2D eigenvalue weighted by atomic mass is 10.2. The lowest BCUT2D eigenvalue weighted by Gasteiger charge is -2.22. The van der Waals surface area contributed by atoms with Gasteiger partial charge in [0, 0.05) is 18.8 Å². The molecule has 0 heterocycles. The molecule has 1 rings (SSSR count). The number of carbonyl (C=O) groups is 1. The maximum atomic E-state index is 12.3. The molecule has 0 spiro atoms. The normalized spacial score (nSPS) is 11.4. The van der Waals surface area contributed by atoms with Crippen LogP contribution in [0.1, 0.15) is 12.5 Å². The Hall–Kier alpha value is -1.56. The van der Waals surface area contributed by atoms with Gasteiger partial charge < -0.3 is 10.6 Å². The fourth-order valence-electron chi connectivity index (χ4n) is 1.41. The van der Waals surface area contributed by atoms with Crippen molar-refractivity contribution < 1.29 is 18.0 Å². The molecule has 0 fully saturated rings. The van der Waals surface area contributed by atoms with Gasteiger partial charge in [-0.05, 0) is 24.6 Å². The minimum atomic E-state index is -4.86. The van der Waals surface area contributed by atoms with Crippen LogP contribution in [0.4, 0.5) is 18.9 Å². The van der Waals surface area contributed by atoms with E-state index in [0.717, 1.165) is 5.56 Å². The first-order chi connectivity index (χ1) is 7.90. The number of carbonyl (C=O) groups excluding carboxylic acids is 1. The maximum absolute atomic E-state index is 12.3. The van der Waals surface area contributed by atoms with Crippen LogP contribution in [0.2, 0.25) is 0 Å². The summed E-state index contributed by atoms with van der Waals surface area (Å²) in [5.41, 5.74) is 6.39. The molecule has 0 aliphatic heterocycles. The lowest BCUT2D eigenvalue weighted by Crippen LogP contribution is -2.41. The molecular weight excluding hydrogens is 233 g/mol. The molecule has 0 unspecified atom stereocenters. The van der Waals surface area contributed by atoms with Crippen molar-refractivity contribution in [3.63, 3.8) is 0 Å². The van der Waals surface area contributed by atoms with Gasteiger partial charge in [-0.2, -0.15) is 13.2 Å². The zero-order chi connectivity index (χ0) is 13.1. The average molecular weight is 246 g/mol. The third-order valence-corrected chi connectivity index (χ3v) is 2.29. The van der Waals surface area contributed by atoms with Gasteiger partial charge in [0.15, 0.2) is 0 Å². The number of rotatable bonds is 3. The van der Waals surface area contributed by atoms with Gasteiger partial charge in [0.05, 0.1) is 0 Å². The minimum absolute atomic E-state index is 0.0414. The fraction of sp³-hybridized carbons (Fsp3) is 0.364. The summed E-state index contributed by atoms with van der Waals surface area (Å²) >= 11 is 0. The molecule has 6 heteroatoms. The van der Waals surface area contributed by atoms with Crippen LogP contribution in [0.3, 0.4) is 0 Å². The molecule has 0 aromatic heterocycles. The van der Waals surface area contributed by atoms with E-state index in [1.807, 2.05) is 0 Å². The first-order valence-corrected chi connectivity index (χ1v) is 5.07. The number of anilines is 1. The fourth-order valence-corrected chi connectivity index (χ4v) is 1.41. The molecule has 0 saturated heterocycles. The van der Waals surface area contributed by atoms with Crippen molar-refractivity contribution in [2.75, 3.05) is 11.4 Å². The van der Waals surface area contributed by atoms with Crippen LogP contribution in [0.5, 0.6) is 0 Å². The van der Waals surface area contributed by atoms with Crippen LogP contribution < -0.4 is 10.6 Å². The molecule has 0 radical (unpaired) electrons. The Morgan fingerprint density at radius 1 is 1.29 bits per heavy atom. The van der Waals surface area contributed by atoms with Gasteiger partial charge in [-0.25, -0.2) is 0 Å². The number of alkyl halides is 3. The topological polar surface area (TPSA) is 46.3 Å². The largest absolute Gasteiger partial charge is 0.471 e. The van der Waals surface area contributed by atoms with Gasteiger partial charge in [-0.1, -0.05) is 12.1 Å². The zero-order valence-electron chi connectivity index (χ0n) is 9.29. The van der Waals surface area contributed by atoms with Gasteiger partial charge >= 0.3 is 12.1 Å². The zero-order valence-corrected chi connectivity index (χ0v) is 9.29. The van der Waals surface area contributed by atoms with Gasteiger partial charge in [0.1, 0.15) is 0 Å². The first kappa shape index (κ1) is 13.5. The number of benzene rings is 1. The molecule has 0 bridgehead atoms. The number of amides is 1. The van der Waals surface area contributed by atoms with Crippen molar-refractivity contribution >= 4 is 11.6 Å². The first-order valence-electron chi connectivity index (χ1n) is 5.07. The Balaban J connectivity index is 2.97. The van der Waals surface area contributed by atoms with Crippen molar-refractivity contribution in [2.24, 2.45) is 5.73 Å². The molecule has 0 atom stereocenters. The van der Waals surface area contributed by atoms with Crippen LogP contribution in [0.15, 0.2) is 24.3 Å².